The minimum absolute atomic E-state index is 0.0770. The minimum atomic E-state index is -4.68. The second-order valence-corrected chi connectivity index (χ2v) is 7.17. The van der Waals surface area contributed by atoms with Gasteiger partial charge in [-0.2, -0.15) is 13.2 Å². The molecule has 0 atom stereocenters. The lowest BCUT2D eigenvalue weighted by Gasteiger charge is -2.35. The predicted octanol–water partition coefficient (Wildman–Crippen LogP) is 4.09. The van der Waals surface area contributed by atoms with Crippen LogP contribution in [-0.2, 0) is 12.7 Å². The van der Waals surface area contributed by atoms with E-state index in [2.05, 4.69) is 5.32 Å². The zero-order valence-corrected chi connectivity index (χ0v) is 16.6. The van der Waals surface area contributed by atoms with E-state index in [1.807, 2.05) is 0 Å². The van der Waals surface area contributed by atoms with Crippen LogP contribution < -0.4 is 10.2 Å². The summed E-state index contributed by atoms with van der Waals surface area (Å²) in [6, 6.07) is 6.71. The van der Waals surface area contributed by atoms with Gasteiger partial charge in [-0.05, 0) is 36.2 Å². The Kier molecular flexibility index (Phi) is 6.32. The summed E-state index contributed by atoms with van der Waals surface area (Å²) in [5.41, 5.74) is -0.533. The molecule has 2 aromatic carbocycles. The highest BCUT2D eigenvalue weighted by Crippen LogP contribution is 2.36. The van der Waals surface area contributed by atoms with Gasteiger partial charge in [0.2, 0.25) is 0 Å². The molecule has 0 radical (unpaired) electrons. The molecular formula is C20H20F4N4O3. The van der Waals surface area contributed by atoms with Crippen molar-refractivity contribution in [3.05, 3.63) is 69.0 Å². The maximum atomic E-state index is 13.6. The molecule has 7 nitrogen and oxygen atoms in total. The molecule has 3 rings (SSSR count). The van der Waals surface area contributed by atoms with Gasteiger partial charge in [0.05, 0.1) is 10.5 Å². The first kappa shape index (κ1) is 22.3. The number of rotatable bonds is 4. The molecule has 2 aromatic rings. The minimum Gasteiger partial charge on any atom is -0.362 e. The van der Waals surface area contributed by atoms with Gasteiger partial charge < -0.3 is 15.1 Å². The smallest absolute Gasteiger partial charge is 0.362 e. The lowest BCUT2D eigenvalue weighted by Crippen LogP contribution is -2.51. The Bertz CT molecular complexity index is 989. The number of hydrogen-bond donors (Lipinski definition) is 1. The molecular weight excluding hydrogens is 420 g/mol. The summed E-state index contributed by atoms with van der Waals surface area (Å²) < 4.78 is 52.2. The molecule has 0 unspecified atom stereocenters. The lowest BCUT2D eigenvalue weighted by molar-refractivity contribution is -0.384. The molecule has 1 aliphatic heterocycles. The van der Waals surface area contributed by atoms with Crippen molar-refractivity contribution in [1.82, 2.24) is 10.2 Å². The predicted molar refractivity (Wildman–Crippen MR) is 105 cm³/mol. The topological polar surface area (TPSA) is 78.7 Å². The normalized spacial score (nSPS) is 14.5. The van der Waals surface area contributed by atoms with Crippen molar-refractivity contribution in [3.63, 3.8) is 0 Å². The average Bonchev–Trinajstić information content (AvgIpc) is 2.73. The van der Waals surface area contributed by atoms with Crippen molar-refractivity contribution < 1.29 is 27.3 Å². The van der Waals surface area contributed by atoms with Gasteiger partial charge >= 0.3 is 12.2 Å². The second-order valence-electron chi connectivity index (χ2n) is 7.17. The van der Waals surface area contributed by atoms with Gasteiger partial charge in [0.25, 0.3) is 5.69 Å². The number of nitrogens with one attached hydrogen (secondary N) is 1. The molecule has 0 bridgehead atoms. The first-order valence-electron chi connectivity index (χ1n) is 9.44. The quantitative estimate of drug-likeness (QED) is 0.441. The van der Waals surface area contributed by atoms with Crippen LogP contribution >= 0.6 is 0 Å². The Balaban J connectivity index is 1.61. The van der Waals surface area contributed by atoms with Gasteiger partial charge in [-0.15, -0.1) is 0 Å². The molecule has 1 fully saturated rings. The number of alkyl halides is 3. The van der Waals surface area contributed by atoms with Crippen LogP contribution in [0.5, 0.6) is 0 Å². The van der Waals surface area contributed by atoms with E-state index in [9.17, 15) is 32.5 Å². The number of halogens is 4. The number of nitro groups is 1. The number of urea groups is 1. The molecule has 166 valence electrons. The van der Waals surface area contributed by atoms with E-state index in [1.165, 1.54) is 11.0 Å². The first-order chi connectivity index (χ1) is 14.6. The summed E-state index contributed by atoms with van der Waals surface area (Å²) in [4.78, 5) is 25.9. The van der Waals surface area contributed by atoms with Crippen LogP contribution in [0.25, 0.3) is 0 Å². The molecule has 0 saturated carbocycles. The van der Waals surface area contributed by atoms with E-state index in [0.29, 0.717) is 17.2 Å². The largest absolute Gasteiger partial charge is 0.416 e. The number of amides is 2. The molecule has 0 spiro atoms. The SMILES string of the molecule is Cc1ccc(CNC(=O)N2CCN(c3ccc(C(F)(F)F)cc3[N+](=O)[O-])CC2)cc1F. The highest BCUT2D eigenvalue weighted by molar-refractivity contribution is 5.75. The van der Waals surface area contributed by atoms with E-state index in [-0.39, 0.29) is 50.3 Å². The van der Waals surface area contributed by atoms with Crippen molar-refractivity contribution >= 4 is 17.4 Å². The van der Waals surface area contributed by atoms with Crippen LogP contribution in [0, 0.1) is 22.9 Å². The number of hydrogen-bond acceptors (Lipinski definition) is 4. The highest BCUT2D eigenvalue weighted by atomic mass is 19.4. The van der Waals surface area contributed by atoms with Gasteiger partial charge in [-0.25, -0.2) is 9.18 Å². The molecule has 2 amide bonds. The Morgan fingerprint density at radius 3 is 2.39 bits per heavy atom. The molecule has 1 saturated heterocycles. The summed E-state index contributed by atoms with van der Waals surface area (Å²) in [7, 11) is 0. The van der Waals surface area contributed by atoms with Gasteiger partial charge in [0, 0.05) is 38.8 Å². The van der Waals surface area contributed by atoms with Crippen molar-refractivity contribution in [1.29, 1.82) is 0 Å². The number of benzene rings is 2. The van der Waals surface area contributed by atoms with Crippen molar-refractivity contribution in [2.24, 2.45) is 0 Å². The number of nitro benzene ring substituents is 1. The molecule has 1 aliphatic rings. The van der Waals surface area contributed by atoms with Crippen molar-refractivity contribution in [3.8, 4) is 0 Å². The Hall–Kier alpha value is -3.37. The van der Waals surface area contributed by atoms with Crippen molar-refractivity contribution in [2.75, 3.05) is 31.1 Å². The molecule has 0 aromatic heterocycles. The number of piperazine rings is 1. The maximum absolute atomic E-state index is 13.6. The number of carbonyl (C=O) groups excluding carboxylic acids is 1. The number of nitrogens with zero attached hydrogens (tertiary/aromatic N) is 3. The fourth-order valence-corrected chi connectivity index (χ4v) is 3.30. The molecule has 1 heterocycles. The lowest BCUT2D eigenvalue weighted by atomic mass is 10.1. The van der Waals surface area contributed by atoms with Gasteiger partial charge in [-0.3, -0.25) is 10.1 Å². The number of anilines is 1. The van der Waals surface area contributed by atoms with Crippen LogP contribution in [0.1, 0.15) is 16.7 Å². The first-order valence-corrected chi connectivity index (χ1v) is 9.44. The van der Waals surface area contributed by atoms with Crippen LogP contribution in [0.3, 0.4) is 0 Å². The van der Waals surface area contributed by atoms with E-state index in [0.717, 1.165) is 12.1 Å². The Morgan fingerprint density at radius 1 is 1.13 bits per heavy atom. The fraction of sp³-hybridized carbons (Fsp3) is 0.350. The van der Waals surface area contributed by atoms with Gasteiger partial charge in [-0.1, -0.05) is 12.1 Å². The van der Waals surface area contributed by atoms with E-state index < -0.39 is 22.4 Å². The molecule has 0 aliphatic carbocycles. The second kappa shape index (κ2) is 8.78. The third kappa shape index (κ3) is 5.22. The Labute approximate surface area is 175 Å². The molecule has 1 N–H and O–H groups in total. The standard InChI is InChI=1S/C20H20F4N4O3/c1-13-2-3-14(10-16(13)21)12-25-19(29)27-8-6-26(7-9-27)17-5-4-15(20(22,23)24)11-18(17)28(30)31/h2-5,10-11H,6-9,12H2,1H3,(H,25,29). The third-order valence-corrected chi connectivity index (χ3v) is 5.09. The number of aryl methyl sites for hydroxylation is 1. The van der Waals surface area contributed by atoms with Gasteiger partial charge in [0.1, 0.15) is 11.5 Å². The van der Waals surface area contributed by atoms with E-state index in [1.54, 1.807) is 24.0 Å². The van der Waals surface area contributed by atoms with Crippen molar-refractivity contribution in [2.45, 2.75) is 19.6 Å². The van der Waals surface area contributed by atoms with E-state index in [4.69, 9.17) is 0 Å². The van der Waals surface area contributed by atoms with Gasteiger partial charge in [0.15, 0.2) is 0 Å². The average molecular weight is 440 g/mol. The summed E-state index contributed by atoms with van der Waals surface area (Å²) in [6.07, 6.45) is -4.68. The van der Waals surface area contributed by atoms with Crippen LogP contribution in [0.4, 0.5) is 33.7 Å². The molecule has 31 heavy (non-hydrogen) atoms. The van der Waals surface area contributed by atoms with Crippen LogP contribution in [0.2, 0.25) is 0 Å². The third-order valence-electron chi connectivity index (χ3n) is 5.09. The maximum Gasteiger partial charge on any atom is 0.416 e. The highest BCUT2D eigenvalue weighted by Gasteiger charge is 2.34. The van der Waals surface area contributed by atoms with Crippen LogP contribution in [-0.4, -0.2) is 42.0 Å². The summed E-state index contributed by atoms with van der Waals surface area (Å²) in [5, 5.41) is 14.0. The zero-order valence-electron chi connectivity index (χ0n) is 16.6. The van der Waals surface area contributed by atoms with Crippen LogP contribution in [0.15, 0.2) is 36.4 Å². The fourth-order valence-electron chi connectivity index (χ4n) is 3.30. The number of carbonyl (C=O) groups is 1. The summed E-state index contributed by atoms with van der Waals surface area (Å²) in [6.45, 7) is 2.68. The Morgan fingerprint density at radius 2 is 1.81 bits per heavy atom. The zero-order chi connectivity index (χ0) is 22.8. The summed E-state index contributed by atoms with van der Waals surface area (Å²) in [5.74, 6) is -0.363. The monoisotopic (exact) mass is 440 g/mol. The van der Waals surface area contributed by atoms with E-state index >= 15 is 0 Å². The molecule has 11 heteroatoms. The summed E-state index contributed by atoms with van der Waals surface area (Å²) >= 11 is 0.